The molecule has 0 saturated heterocycles. The predicted molar refractivity (Wildman–Crippen MR) is 42.1 cm³/mol. The predicted octanol–water partition coefficient (Wildman–Crippen LogP) is 1.59. The molecule has 0 aliphatic rings. The fourth-order valence-electron chi connectivity index (χ4n) is 0.590. The molecule has 0 atom stereocenters. The summed E-state index contributed by atoms with van der Waals surface area (Å²) in [4.78, 5) is 10.6. The maximum absolute atomic E-state index is 10.6. The fraction of sp³-hybridized carbons (Fsp3) is 0.333. The third-order valence-corrected chi connectivity index (χ3v) is 1.37. The van der Waals surface area contributed by atoms with Crippen LogP contribution in [0.4, 0.5) is 10.6 Å². The summed E-state index contributed by atoms with van der Waals surface area (Å²) < 4.78 is 9.04. The number of halogens is 1. The Morgan fingerprint density at radius 1 is 1.92 bits per heavy atom. The van der Waals surface area contributed by atoms with E-state index in [1.165, 1.54) is 13.2 Å². The van der Waals surface area contributed by atoms with Crippen LogP contribution in [-0.4, -0.2) is 18.4 Å². The SMILES string of the molecule is COC(=O)Nc1cc(CCl)on1. The molecule has 6 heteroatoms. The highest BCUT2D eigenvalue weighted by Gasteiger charge is 2.05. The van der Waals surface area contributed by atoms with Crippen LogP contribution in [0.3, 0.4) is 0 Å². The van der Waals surface area contributed by atoms with Crippen molar-refractivity contribution in [2.75, 3.05) is 12.4 Å². The van der Waals surface area contributed by atoms with Gasteiger partial charge in [0.1, 0.15) is 0 Å². The number of anilines is 1. The number of carbonyl (C=O) groups is 1. The van der Waals surface area contributed by atoms with Crippen molar-refractivity contribution in [1.82, 2.24) is 5.16 Å². The van der Waals surface area contributed by atoms with Gasteiger partial charge in [0.05, 0.1) is 13.0 Å². The summed E-state index contributed by atoms with van der Waals surface area (Å²) in [5.41, 5.74) is 0. The molecule has 0 aliphatic carbocycles. The van der Waals surface area contributed by atoms with E-state index in [9.17, 15) is 4.79 Å². The Labute approximate surface area is 73.6 Å². The molecule has 1 aromatic heterocycles. The van der Waals surface area contributed by atoms with E-state index < -0.39 is 6.09 Å². The Hall–Kier alpha value is -1.23. The van der Waals surface area contributed by atoms with Crippen LogP contribution >= 0.6 is 11.6 Å². The molecule has 0 radical (unpaired) electrons. The third kappa shape index (κ3) is 2.13. The molecule has 1 aromatic rings. The molecule has 0 aromatic carbocycles. The lowest BCUT2D eigenvalue weighted by Crippen LogP contribution is -2.10. The summed E-state index contributed by atoms with van der Waals surface area (Å²) in [7, 11) is 1.26. The summed E-state index contributed by atoms with van der Waals surface area (Å²) in [5.74, 6) is 0.996. The lowest BCUT2D eigenvalue weighted by molar-refractivity contribution is 0.186. The number of carbonyl (C=O) groups excluding carboxylic acids is 1. The zero-order valence-corrected chi connectivity index (χ0v) is 7.09. The zero-order valence-electron chi connectivity index (χ0n) is 6.33. The van der Waals surface area contributed by atoms with Crippen molar-refractivity contribution in [2.45, 2.75) is 5.88 Å². The van der Waals surface area contributed by atoms with Gasteiger partial charge in [-0.25, -0.2) is 4.79 Å². The van der Waals surface area contributed by atoms with Crippen LogP contribution in [0, 0.1) is 0 Å². The Balaban J connectivity index is 2.58. The van der Waals surface area contributed by atoms with Gasteiger partial charge in [0.2, 0.25) is 0 Å². The number of rotatable bonds is 2. The Kier molecular flexibility index (Phi) is 2.93. The molecule has 1 heterocycles. The lowest BCUT2D eigenvalue weighted by atomic mass is 10.5. The lowest BCUT2D eigenvalue weighted by Gasteiger charge is -1.95. The van der Waals surface area contributed by atoms with Gasteiger partial charge in [0, 0.05) is 6.07 Å². The Morgan fingerprint density at radius 2 is 2.67 bits per heavy atom. The summed E-state index contributed by atoms with van der Waals surface area (Å²) in [6.07, 6.45) is -0.593. The van der Waals surface area contributed by atoms with Crippen molar-refractivity contribution in [3.63, 3.8) is 0 Å². The van der Waals surface area contributed by atoms with Gasteiger partial charge >= 0.3 is 6.09 Å². The van der Waals surface area contributed by atoms with Gasteiger partial charge in [-0.15, -0.1) is 11.6 Å². The molecule has 0 fully saturated rings. The molecule has 66 valence electrons. The van der Waals surface area contributed by atoms with Gasteiger partial charge in [0.25, 0.3) is 0 Å². The Bertz CT molecular complexity index is 274. The number of alkyl halides is 1. The van der Waals surface area contributed by atoms with E-state index in [-0.39, 0.29) is 11.7 Å². The number of amides is 1. The zero-order chi connectivity index (χ0) is 8.97. The average Bonchev–Trinajstić information content (AvgIpc) is 2.52. The topological polar surface area (TPSA) is 64.4 Å². The number of hydrogen-bond acceptors (Lipinski definition) is 4. The minimum absolute atomic E-state index is 0.218. The highest BCUT2D eigenvalue weighted by Crippen LogP contribution is 2.10. The van der Waals surface area contributed by atoms with E-state index in [2.05, 4.69) is 15.2 Å². The smallest absolute Gasteiger partial charge is 0.412 e. The Morgan fingerprint density at radius 3 is 3.17 bits per heavy atom. The molecule has 0 bridgehead atoms. The van der Waals surface area contributed by atoms with Crippen LogP contribution in [-0.2, 0) is 10.6 Å². The number of ether oxygens (including phenoxy) is 1. The van der Waals surface area contributed by atoms with E-state index in [0.29, 0.717) is 5.76 Å². The monoisotopic (exact) mass is 190 g/mol. The van der Waals surface area contributed by atoms with Gasteiger partial charge in [-0.2, -0.15) is 0 Å². The van der Waals surface area contributed by atoms with E-state index in [1.807, 2.05) is 0 Å². The highest BCUT2D eigenvalue weighted by molar-refractivity contribution is 6.16. The van der Waals surface area contributed by atoms with Crippen molar-refractivity contribution in [3.05, 3.63) is 11.8 Å². The van der Waals surface area contributed by atoms with Crippen LogP contribution in [0.15, 0.2) is 10.6 Å². The first-order valence-corrected chi connectivity index (χ1v) is 3.66. The van der Waals surface area contributed by atoms with Crippen molar-refractivity contribution >= 4 is 23.5 Å². The van der Waals surface area contributed by atoms with Gasteiger partial charge in [-0.3, -0.25) is 5.32 Å². The molecule has 0 spiro atoms. The van der Waals surface area contributed by atoms with Crippen molar-refractivity contribution in [3.8, 4) is 0 Å². The minimum atomic E-state index is -0.593. The molecule has 0 saturated carbocycles. The second-order valence-corrected chi connectivity index (χ2v) is 2.20. The van der Waals surface area contributed by atoms with Gasteiger partial charge < -0.3 is 9.26 Å². The van der Waals surface area contributed by atoms with E-state index in [1.54, 1.807) is 0 Å². The van der Waals surface area contributed by atoms with E-state index in [4.69, 9.17) is 16.1 Å². The van der Waals surface area contributed by atoms with E-state index in [0.717, 1.165) is 0 Å². The normalized spacial score (nSPS) is 9.50. The first kappa shape index (κ1) is 8.86. The molecular formula is C6H7ClN2O3. The van der Waals surface area contributed by atoms with Crippen LogP contribution in [0.2, 0.25) is 0 Å². The number of methoxy groups -OCH3 is 1. The summed E-state index contributed by atoms with van der Waals surface area (Å²) in [5, 5.41) is 5.83. The van der Waals surface area contributed by atoms with Gasteiger partial charge in [0.15, 0.2) is 11.6 Å². The van der Waals surface area contributed by atoms with Crippen molar-refractivity contribution in [2.24, 2.45) is 0 Å². The van der Waals surface area contributed by atoms with Crippen LogP contribution in [0.25, 0.3) is 0 Å². The quantitative estimate of drug-likeness (QED) is 0.720. The molecular weight excluding hydrogens is 184 g/mol. The fourth-order valence-corrected chi connectivity index (χ4v) is 0.716. The second-order valence-electron chi connectivity index (χ2n) is 1.93. The average molecular weight is 191 g/mol. The molecule has 1 amide bonds. The molecule has 1 rings (SSSR count). The van der Waals surface area contributed by atoms with Crippen LogP contribution in [0.1, 0.15) is 5.76 Å². The van der Waals surface area contributed by atoms with Crippen molar-refractivity contribution < 1.29 is 14.1 Å². The third-order valence-electron chi connectivity index (χ3n) is 1.11. The summed E-state index contributed by atoms with van der Waals surface area (Å²) >= 11 is 5.43. The standard InChI is InChI=1S/C6H7ClN2O3/c1-11-6(10)8-5-2-4(3-7)12-9-5/h2H,3H2,1H3,(H,8,9,10). The van der Waals surface area contributed by atoms with Gasteiger partial charge in [-0.05, 0) is 0 Å². The number of nitrogens with zero attached hydrogens (tertiary/aromatic N) is 1. The summed E-state index contributed by atoms with van der Waals surface area (Å²) in [6.45, 7) is 0. The molecule has 12 heavy (non-hydrogen) atoms. The molecule has 1 N–H and O–H groups in total. The van der Waals surface area contributed by atoms with Crippen LogP contribution < -0.4 is 5.32 Å². The molecule has 0 unspecified atom stereocenters. The molecule has 0 aliphatic heterocycles. The largest absolute Gasteiger partial charge is 0.453 e. The summed E-state index contributed by atoms with van der Waals surface area (Å²) in [6, 6.07) is 1.52. The minimum Gasteiger partial charge on any atom is -0.453 e. The highest BCUT2D eigenvalue weighted by atomic mass is 35.5. The first-order chi connectivity index (χ1) is 5.76. The number of aromatic nitrogens is 1. The molecule has 5 nitrogen and oxygen atoms in total. The van der Waals surface area contributed by atoms with Gasteiger partial charge in [-0.1, -0.05) is 5.16 Å². The first-order valence-electron chi connectivity index (χ1n) is 3.12. The van der Waals surface area contributed by atoms with Crippen LogP contribution in [0.5, 0.6) is 0 Å². The number of hydrogen-bond donors (Lipinski definition) is 1. The maximum atomic E-state index is 10.6. The maximum Gasteiger partial charge on any atom is 0.412 e. The number of nitrogens with one attached hydrogen (secondary N) is 1. The second kappa shape index (κ2) is 3.96. The van der Waals surface area contributed by atoms with Crippen molar-refractivity contribution in [1.29, 1.82) is 0 Å². The van der Waals surface area contributed by atoms with E-state index >= 15 is 0 Å².